The number of hydrogen-bond donors (Lipinski definition) is 2. The van der Waals surface area contributed by atoms with Gasteiger partial charge in [0.25, 0.3) is 5.56 Å². The van der Waals surface area contributed by atoms with Crippen molar-refractivity contribution < 1.29 is 9.59 Å². The van der Waals surface area contributed by atoms with Gasteiger partial charge in [-0.15, -0.1) is 23.2 Å². The molecular formula is C19H18N6O3S. The second kappa shape index (κ2) is 9.07. The predicted octanol–water partition coefficient (Wildman–Crippen LogP) is 0.188. The SMILES string of the molecule is C#CCNC(=O)CNC(=O)CSc1nnc2n(CC=C)c(=O)c3ccccc3n12. The van der Waals surface area contributed by atoms with Gasteiger partial charge in [0, 0.05) is 6.54 Å². The number of thioether (sulfide) groups is 1. The van der Waals surface area contributed by atoms with E-state index in [9.17, 15) is 14.4 Å². The number of fused-ring (bicyclic) bond motifs is 3. The molecule has 0 unspecified atom stereocenters. The number of amides is 2. The molecule has 0 aliphatic carbocycles. The van der Waals surface area contributed by atoms with Crippen molar-refractivity contribution in [3.63, 3.8) is 0 Å². The van der Waals surface area contributed by atoms with Crippen molar-refractivity contribution in [1.82, 2.24) is 29.8 Å². The fourth-order valence-electron chi connectivity index (χ4n) is 2.69. The zero-order chi connectivity index (χ0) is 20.8. The minimum Gasteiger partial charge on any atom is -0.346 e. The van der Waals surface area contributed by atoms with Gasteiger partial charge in [0.05, 0.1) is 29.7 Å². The summed E-state index contributed by atoms with van der Waals surface area (Å²) in [6.45, 7) is 3.91. The Kier molecular flexibility index (Phi) is 6.31. The molecule has 3 rings (SSSR count). The predicted molar refractivity (Wildman–Crippen MR) is 111 cm³/mol. The molecule has 0 spiro atoms. The number of nitrogens with zero attached hydrogens (tertiary/aromatic N) is 4. The van der Waals surface area contributed by atoms with Gasteiger partial charge in [0.2, 0.25) is 17.6 Å². The molecule has 2 aromatic heterocycles. The first-order valence-electron chi connectivity index (χ1n) is 8.64. The normalized spacial score (nSPS) is 10.6. The van der Waals surface area contributed by atoms with Crippen molar-refractivity contribution in [3.8, 4) is 12.3 Å². The lowest BCUT2D eigenvalue weighted by molar-refractivity contribution is -0.124. The molecule has 29 heavy (non-hydrogen) atoms. The summed E-state index contributed by atoms with van der Waals surface area (Å²) in [5.74, 6) is 1.97. The molecule has 0 atom stereocenters. The van der Waals surface area contributed by atoms with Crippen LogP contribution in [-0.4, -0.2) is 49.8 Å². The molecule has 0 aliphatic heterocycles. The third-order valence-electron chi connectivity index (χ3n) is 3.96. The van der Waals surface area contributed by atoms with Gasteiger partial charge in [-0.1, -0.05) is 35.9 Å². The van der Waals surface area contributed by atoms with Crippen LogP contribution in [0.3, 0.4) is 0 Å². The number of para-hydroxylation sites is 1. The first-order chi connectivity index (χ1) is 14.1. The molecule has 0 fully saturated rings. The second-order valence-corrected chi connectivity index (χ2v) is 6.83. The first-order valence-corrected chi connectivity index (χ1v) is 9.62. The van der Waals surface area contributed by atoms with Gasteiger partial charge in [-0.25, -0.2) is 0 Å². The highest BCUT2D eigenvalue weighted by atomic mass is 32.2. The Morgan fingerprint density at radius 1 is 1.24 bits per heavy atom. The highest BCUT2D eigenvalue weighted by Gasteiger charge is 2.17. The number of rotatable bonds is 8. The van der Waals surface area contributed by atoms with E-state index in [2.05, 4.69) is 33.3 Å². The van der Waals surface area contributed by atoms with Crippen molar-refractivity contribution in [1.29, 1.82) is 0 Å². The summed E-state index contributed by atoms with van der Waals surface area (Å²) in [5, 5.41) is 14.2. The third kappa shape index (κ3) is 4.30. The van der Waals surface area contributed by atoms with Gasteiger partial charge in [-0.2, -0.15) is 0 Å². The molecule has 2 N–H and O–H groups in total. The Labute approximate surface area is 170 Å². The Morgan fingerprint density at radius 3 is 2.79 bits per heavy atom. The molecule has 1 aromatic carbocycles. The third-order valence-corrected chi connectivity index (χ3v) is 4.88. The zero-order valence-corrected chi connectivity index (χ0v) is 16.2. The Bertz CT molecular complexity index is 1190. The number of carbonyl (C=O) groups excluding carboxylic acids is 2. The van der Waals surface area contributed by atoms with Crippen LogP contribution >= 0.6 is 11.8 Å². The summed E-state index contributed by atoms with van der Waals surface area (Å²) in [6, 6.07) is 7.12. The number of hydrogen-bond acceptors (Lipinski definition) is 6. The highest BCUT2D eigenvalue weighted by molar-refractivity contribution is 7.99. The Balaban J connectivity index is 1.83. The van der Waals surface area contributed by atoms with Crippen molar-refractivity contribution >= 4 is 40.3 Å². The Morgan fingerprint density at radius 2 is 2.03 bits per heavy atom. The lowest BCUT2D eigenvalue weighted by Gasteiger charge is -2.09. The van der Waals surface area contributed by atoms with E-state index in [-0.39, 0.29) is 42.8 Å². The van der Waals surface area contributed by atoms with Gasteiger partial charge >= 0.3 is 0 Å². The fourth-order valence-corrected chi connectivity index (χ4v) is 3.46. The average Bonchev–Trinajstić information content (AvgIpc) is 3.16. The number of carbonyl (C=O) groups is 2. The summed E-state index contributed by atoms with van der Waals surface area (Å²) in [7, 11) is 0. The lowest BCUT2D eigenvalue weighted by atomic mass is 10.2. The van der Waals surface area contributed by atoms with E-state index in [1.165, 1.54) is 4.57 Å². The number of terminal acetylenes is 1. The van der Waals surface area contributed by atoms with Gasteiger partial charge < -0.3 is 10.6 Å². The second-order valence-electron chi connectivity index (χ2n) is 5.89. The van der Waals surface area contributed by atoms with E-state index in [0.717, 1.165) is 11.8 Å². The molecule has 2 amide bonds. The number of allylic oxidation sites excluding steroid dienone is 1. The van der Waals surface area contributed by atoms with E-state index < -0.39 is 0 Å². The summed E-state index contributed by atoms with van der Waals surface area (Å²) >= 11 is 1.15. The van der Waals surface area contributed by atoms with Crippen LogP contribution < -0.4 is 16.2 Å². The van der Waals surface area contributed by atoms with Crippen LogP contribution in [0, 0.1) is 12.3 Å². The van der Waals surface area contributed by atoms with E-state index >= 15 is 0 Å². The summed E-state index contributed by atoms with van der Waals surface area (Å²) in [6.07, 6.45) is 6.67. The van der Waals surface area contributed by atoms with Gasteiger partial charge in [-0.3, -0.25) is 23.4 Å². The number of aromatic nitrogens is 4. The van der Waals surface area contributed by atoms with Crippen LogP contribution in [0.5, 0.6) is 0 Å². The molecule has 10 heteroatoms. The van der Waals surface area contributed by atoms with E-state index in [1.54, 1.807) is 28.7 Å². The van der Waals surface area contributed by atoms with Crippen LogP contribution in [0.1, 0.15) is 0 Å². The van der Waals surface area contributed by atoms with Crippen LogP contribution in [0.25, 0.3) is 16.7 Å². The van der Waals surface area contributed by atoms with Crippen molar-refractivity contribution in [2.75, 3.05) is 18.8 Å². The van der Waals surface area contributed by atoms with Gasteiger partial charge in [-0.05, 0) is 12.1 Å². The van der Waals surface area contributed by atoms with E-state index in [4.69, 9.17) is 6.42 Å². The van der Waals surface area contributed by atoms with Crippen LogP contribution in [0.15, 0.2) is 46.9 Å². The van der Waals surface area contributed by atoms with Crippen LogP contribution in [0.2, 0.25) is 0 Å². The summed E-state index contributed by atoms with van der Waals surface area (Å²) in [4.78, 5) is 36.3. The molecule has 148 valence electrons. The smallest absolute Gasteiger partial charge is 0.263 e. The quantitative estimate of drug-likeness (QED) is 0.312. The number of nitrogens with one attached hydrogen (secondary N) is 2. The fraction of sp³-hybridized carbons (Fsp3) is 0.211. The molecule has 0 radical (unpaired) electrons. The summed E-state index contributed by atoms with van der Waals surface area (Å²) < 4.78 is 3.21. The van der Waals surface area contributed by atoms with Crippen molar-refractivity contribution in [3.05, 3.63) is 47.3 Å². The van der Waals surface area contributed by atoms with Crippen LogP contribution in [-0.2, 0) is 16.1 Å². The maximum Gasteiger partial charge on any atom is 0.263 e. The zero-order valence-electron chi connectivity index (χ0n) is 15.4. The minimum atomic E-state index is -0.367. The molecular weight excluding hydrogens is 392 g/mol. The topological polar surface area (TPSA) is 110 Å². The van der Waals surface area contributed by atoms with Gasteiger partial charge in [0.15, 0.2) is 5.16 Å². The monoisotopic (exact) mass is 410 g/mol. The van der Waals surface area contributed by atoms with E-state index in [0.29, 0.717) is 21.8 Å². The molecule has 2 heterocycles. The Hall–Kier alpha value is -3.58. The molecule has 0 saturated carbocycles. The maximum atomic E-state index is 12.7. The van der Waals surface area contributed by atoms with Crippen LogP contribution in [0.4, 0.5) is 0 Å². The van der Waals surface area contributed by atoms with Crippen molar-refractivity contribution in [2.24, 2.45) is 0 Å². The van der Waals surface area contributed by atoms with Crippen molar-refractivity contribution in [2.45, 2.75) is 11.7 Å². The number of benzene rings is 1. The standard InChI is InChI=1S/C19H18N6O3S/c1-3-9-20-15(26)11-21-16(27)12-29-19-23-22-18-24(10-4-2)17(28)13-7-5-6-8-14(13)25(18)19/h1,4-8H,2,9-12H2,(H,20,26)(H,21,27). The molecule has 3 aromatic rings. The minimum absolute atomic E-state index is 0.0259. The summed E-state index contributed by atoms with van der Waals surface area (Å²) in [5.41, 5.74) is 0.460. The molecule has 9 nitrogen and oxygen atoms in total. The molecule has 0 saturated heterocycles. The largest absolute Gasteiger partial charge is 0.346 e. The van der Waals surface area contributed by atoms with E-state index in [1.807, 2.05) is 6.07 Å². The molecule has 0 aliphatic rings. The highest BCUT2D eigenvalue weighted by Crippen LogP contribution is 2.21. The molecule has 0 bridgehead atoms. The lowest BCUT2D eigenvalue weighted by Crippen LogP contribution is -2.37. The first kappa shape index (κ1) is 20.2. The van der Waals surface area contributed by atoms with Gasteiger partial charge in [0.1, 0.15) is 0 Å². The average molecular weight is 410 g/mol. The maximum absolute atomic E-state index is 12.7.